The van der Waals surface area contributed by atoms with Gasteiger partial charge in [-0.15, -0.1) is 0 Å². The van der Waals surface area contributed by atoms with Gasteiger partial charge in [-0.1, -0.05) is 17.0 Å². The van der Waals surface area contributed by atoms with Gasteiger partial charge in [-0.25, -0.2) is 4.98 Å². The van der Waals surface area contributed by atoms with Crippen molar-refractivity contribution < 1.29 is 18.1 Å². The SMILES string of the molecule is CCc1ccc(OC)c(S(=O)(=O)n2c([N+](=O)[O-])cnc2C)c1. The number of nitrogens with zero attached hydrogens (tertiary/aromatic N) is 3. The summed E-state index contributed by atoms with van der Waals surface area (Å²) < 4.78 is 31.4. The summed E-state index contributed by atoms with van der Waals surface area (Å²) in [6, 6.07) is 4.73. The maximum atomic E-state index is 12.8. The summed E-state index contributed by atoms with van der Waals surface area (Å²) in [4.78, 5) is 13.9. The summed E-state index contributed by atoms with van der Waals surface area (Å²) in [7, 11) is -2.85. The topological polar surface area (TPSA) is 104 Å². The number of benzene rings is 1. The molecule has 0 atom stereocenters. The first kappa shape index (κ1) is 16.0. The molecule has 9 heteroatoms. The fraction of sp³-hybridized carbons (Fsp3) is 0.308. The lowest BCUT2D eigenvalue weighted by Crippen LogP contribution is -2.17. The third kappa shape index (κ3) is 2.54. The minimum atomic E-state index is -4.19. The second kappa shape index (κ2) is 5.76. The van der Waals surface area contributed by atoms with Gasteiger partial charge in [-0.3, -0.25) is 0 Å². The van der Waals surface area contributed by atoms with Crippen LogP contribution in [0.4, 0.5) is 5.82 Å². The average molecular weight is 325 g/mol. The van der Waals surface area contributed by atoms with E-state index in [4.69, 9.17) is 4.74 Å². The van der Waals surface area contributed by atoms with E-state index in [1.54, 1.807) is 6.07 Å². The zero-order valence-corrected chi connectivity index (χ0v) is 13.1. The normalized spacial score (nSPS) is 11.4. The van der Waals surface area contributed by atoms with E-state index < -0.39 is 20.8 Å². The lowest BCUT2D eigenvalue weighted by atomic mass is 10.2. The number of ether oxygens (including phenoxy) is 1. The quantitative estimate of drug-likeness (QED) is 0.614. The number of aryl methyl sites for hydroxylation is 2. The van der Waals surface area contributed by atoms with Crippen LogP contribution in [0.15, 0.2) is 29.3 Å². The molecule has 0 saturated carbocycles. The van der Waals surface area contributed by atoms with Crippen LogP contribution >= 0.6 is 0 Å². The van der Waals surface area contributed by atoms with E-state index in [9.17, 15) is 18.5 Å². The number of aromatic nitrogens is 2. The molecule has 22 heavy (non-hydrogen) atoms. The van der Waals surface area contributed by atoms with Crippen LogP contribution in [0.1, 0.15) is 18.3 Å². The van der Waals surface area contributed by atoms with Gasteiger partial charge in [0.05, 0.1) is 7.11 Å². The number of imidazole rings is 1. The molecule has 0 aliphatic rings. The standard InChI is InChI=1S/C13H15N3O5S/c1-4-10-5-6-11(21-3)12(7-10)22(19,20)15-9(2)14-8-13(15)16(17)18/h5-8H,4H2,1-3H3. The fourth-order valence-electron chi connectivity index (χ4n) is 2.08. The second-order valence-electron chi connectivity index (χ2n) is 4.53. The van der Waals surface area contributed by atoms with Crippen molar-refractivity contribution >= 4 is 15.8 Å². The third-order valence-corrected chi connectivity index (χ3v) is 5.02. The third-order valence-electron chi connectivity index (χ3n) is 3.21. The van der Waals surface area contributed by atoms with Gasteiger partial charge in [0.2, 0.25) is 5.82 Å². The predicted octanol–water partition coefficient (Wildman–Crippen LogP) is 1.91. The first-order chi connectivity index (χ1) is 10.3. The van der Waals surface area contributed by atoms with Crippen molar-refractivity contribution in [2.45, 2.75) is 25.2 Å². The van der Waals surface area contributed by atoms with Gasteiger partial charge in [0, 0.05) is 6.92 Å². The Bertz CT molecular complexity index is 826. The lowest BCUT2D eigenvalue weighted by molar-refractivity contribution is -0.390. The molecule has 1 aromatic carbocycles. The van der Waals surface area contributed by atoms with Crippen LogP contribution in [-0.2, 0) is 16.4 Å². The molecule has 2 aromatic rings. The highest BCUT2D eigenvalue weighted by Gasteiger charge is 2.34. The Kier molecular flexibility index (Phi) is 4.18. The number of hydrogen-bond donors (Lipinski definition) is 0. The molecule has 0 fully saturated rings. The smallest absolute Gasteiger partial charge is 0.358 e. The van der Waals surface area contributed by atoms with E-state index >= 15 is 0 Å². The van der Waals surface area contributed by atoms with Crippen LogP contribution in [0.2, 0.25) is 0 Å². The molecule has 0 N–H and O–H groups in total. The van der Waals surface area contributed by atoms with Gasteiger partial charge in [-0.05, 0) is 29.0 Å². The molecule has 0 aliphatic carbocycles. The zero-order valence-electron chi connectivity index (χ0n) is 12.3. The highest BCUT2D eigenvalue weighted by atomic mass is 32.2. The Labute approximate surface area is 127 Å². The molecule has 0 unspecified atom stereocenters. The van der Waals surface area contributed by atoms with Crippen LogP contribution < -0.4 is 4.74 Å². The summed E-state index contributed by atoms with van der Waals surface area (Å²) in [5.41, 5.74) is 0.778. The Morgan fingerprint density at radius 2 is 2.09 bits per heavy atom. The van der Waals surface area contributed by atoms with Crippen molar-refractivity contribution in [2.75, 3.05) is 7.11 Å². The fourth-order valence-corrected chi connectivity index (χ4v) is 3.74. The van der Waals surface area contributed by atoms with Crippen molar-refractivity contribution in [3.8, 4) is 5.75 Å². The predicted molar refractivity (Wildman–Crippen MR) is 78.6 cm³/mol. The van der Waals surface area contributed by atoms with Crippen molar-refractivity contribution in [3.63, 3.8) is 0 Å². The molecule has 0 aliphatic heterocycles. The molecule has 0 spiro atoms. The van der Waals surface area contributed by atoms with E-state index in [2.05, 4.69) is 4.98 Å². The zero-order chi connectivity index (χ0) is 16.5. The summed E-state index contributed by atoms with van der Waals surface area (Å²) >= 11 is 0. The van der Waals surface area contributed by atoms with Gasteiger partial charge in [0.1, 0.15) is 11.9 Å². The van der Waals surface area contributed by atoms with Crippen LogP contribution in [0.25, 0.3) is 0 Å². The second-order valence-corrected chi connectivity index (χ2v) is 6.28. The first-order valence-electron chi connectivity index (χ1n) is 6.44. The molecule has 0 radical (unpaired) electrons. The maximum Gasteiger partial charge on any atom is 0.358 e. The van der Waals surface area contributed by atoms with Gasteiger partial charge in [0.15, 0.2) is 4.90 Å². The number of nitro groups is 1. The Hall–Kier alpha value is -2.42. The molecular formula is C13H15N3O5S. The Morgan fingerprint density at radius 1 is 1.41 bits per heavy atom. The van der Waals surface area contributed by atoms with Crippen molar-refractivity contribution in [1.29, 1.82) is 0 Å². The molecule has 118 valence electrons. The van der Waals surface area contributed by atoms with Crippen LogP contribution in [0.5, 0.6) is 5.75 Å². The summed E-state index contributed by atoms with van der Waals surface area (Å²) in [6.45, 7) is 3.27. The van der Waals surface area contributed by atoms with E-state index in [-0.39, 0.29) is 16.5 Å². The first-order valence-corrected chi connectivity index (χ1v) is 7.88. The highest BCUT2D eigenvalue weighted by Crippen LogP contribution is 2.30. The summed E-state index contributed by atoms with van der Waals surface area (Å²) in [5, 5.41) is 11.0. The monoisotopic (exact) mass is 325 g/mol. The maximum absolute atomic E-state index is 12.8. The van der Waals surface area contributed by atoms with Crippen molar-refractivity contribution in [2.24, 2.45) is 0 Å². The Morgan fingerprint density at radius 3 is 2.64 bits per heavy atom. The van der Waals surface area contributed by atoms with Crippen molar-refractivity contribution in [1.82, 2.24) is 8.96 Å². The molecule has 2 rings (SSSR count). The molecular weight excluding hydrogens is 310 g/mol. The average Bonchev–Trinajstić information content (AvgIpc) is 2.89. The molecule has 1 heterocycles. The molecule has 1 aromatic heterocycles. The van der Waals surface area contributed by atoms with Gasteiger partial charge in [0.25, 0.3) is 0 Å². The summed E-state index contributed by atoms with van der Waals surface area (Å²) in [5.74, 6) is -0.475. The number of methoxy groups -OCH3 is 1. The van der Waals surface area contributed by atoms with E-state index in [0.29, 0.717) is 10.4 Å². The minimum absolute atomic E-state index is 0.00987. The number of hydrogen-bond acceptors (Lipinski definition) is 6. The van der Waals surface area contributed by atoms with Crippen LogP contribution in [0, 0.1) is 17.0 Å². The van der Waals surface area contributed by atoms with E-state index in [1.165, 1.54) is 26.2 Å². The summed E-state index contributed by atoms with van der Waals surface area (Å²) in [6.07, 6.45) is 1.54. The van der Waals surface area contributed by atoms with E-state index in [1.807, 2.05) is 6.92 Å². The van der Waals surface area contributed by atoms with Gasteiger partial charge >= 0.3 is 15.8 Å². The van der Waals surface area contributed by atoms with Crippen LogP contribution in [-0.4, -0.2) is 29.4 Å². The van der Waals surface area contributed by atoms with Crippen LogP contribution in [0.3, 0.4) is 0 Å². The minimum Gasteiger partial charge on any atom is -0.495 e. The molecule has 8 nitrogen and oxygen atoms in total. The van der Waals surface area contributed by atoms with Gasteiger partial charge in [-0.2, -0.15) is 8.42 Å². The van der Waals surface area contributed by atoms with Crippen molar-refractivity contribution in [3.05, 3.63) is 45.9 Å². The highest BCUT2D eigenvalue weighted by molar-refractivity contribution is 7.90. The Balaban J connectivity index is 2.76. The van der Waals surface area contributed by atoms with Gasteiger partial charge < -0.3 is 14.9 Å². The largest absolute Gasteiger partial charge is 0.495 e. The van der Waals surface area contributed by atoms with E-state index in [0.717, 1.165) is 11.8 Å². The lowest BCUT2D eigenvalue weighted by Gasteiger charge is -2.10. The molecule has 0 bridgehead atoms. The molecule has 0 amide bonds. The number of rotatable bonds is 5. The molecule has 0 saturated heterocycles.